The van der Waals surface area contributed by atoms with Crippen LogP contribution in [0.25, 0.3) is 0 Å². The first-order chi connectivity index (χ1) is 7.72. The van der Waals surface area contributed by atoms with E-state index in [-0.39, 0.29) is 14.8 Å². The van der Waals surface area contributed by atoms with Crippen LogP contribution >= 0.6 is 0 Å². The fraction of sp³-hybridized carbons (Fsp3) is 0.583. The molecule has 1 rings (SSSR count). The predicted molar refractivity (Wildman–Crippen MR) is 67.4 cm³/mol. The number of carbonyl (C=O) groups excluding carboxylic acids is 1. The molecule has 16 heavy (non-hydrogen) atoms. The molecule has 1 aromatic rings. The number of rotatable bonds is 7. The second-order valence-electron chi connectivity index (χ2n) is 3.87. The average Bonchev–Trinajstić information content (AvgIpc) is 2.76. The molecular formula is C12H24N2O2. The van der Waals surface area contributed by atoms with Crippen molar-refractivity contribution in [3.63, 3.8) is 0 Å². The average molecular weight is 228 g/mol. The highest BCUT2D eigenvalue weighted by molar-refractivity contribution is 5.78. The Morgan fingerprint density at radius 3 is 3.06 bits per heavy atom. The van der Waals surface area contributed by atoms with Crippen LogP contribution in [0.15, 0.2) is 22.8 Å². The zero-order valence-electron chi connectivity index (χ0n) is 9.95. The highest BCUT2D eigenvalue weighted by Gasteiger charge is 2.07. The number of nitrogens with one attached hydrogen (secondary N) is 2. The first-order valence-electron chi connectivity index (χ1n) is 5.74. The van der Waals surface area contributed by atoms with E-state index in [9.17, 15) is 4.79 Å². The van der Waals surface area contributed by atoms with E-state index >= 15 is 0 Å². The summed E-state index contributed by atoms with van der Waals surface area (Å²) < 4.78 is 5.23. The van der Waals surface area contributed by atoms with Gasteiger partial charge >= 0.3 is 0 Å². The lowest BCUT2D eigenvalue weighted by atomic mass is 10.1. The number of furan rings is 1. The van der Waals surface area contributed by atoms with E-state index in [0.717, 1.165) is 25.1 Å². The fourth-order valence-corrected chi connectivity index (χ4v) is 1.45. The Hall–Kier alpha value is -1.29. The Labute approximate surface area is 99.4 Å². The summed E-state index contributed by atoms with van der Waals surface area (Å²) in [6.45, 7) is 5.19. The van der Waals surface area contributed by atoms with Crippen LogP contribution in [0.4, 0.5) is 0 Å². The van der Waals surface area contributed by atoms with Gasteiger partial charge in [-0.2, -0.15) is 0 Å². The molecule has 0 aliphatic heterocycles. The van der Waals surface area contributed by atoms with Crippen molar-refractivity contribution in [3.8, 4) is 0 Å². The highest BCUT2D eigenvalue weighted by atomic mass is 16.3. The van der Waals surface area contributed by atoms with Crippen molar-refractivity contribution in [2.24, 2.45) is 0 Å². The van der Waals surface area contributed by atoms with E-state index in [1.807, 2.05) is 26.0 Å². The summed E-state index contributed by atoms with van der Waals surface area (Å²) in [7, 11) is 0. The minimum Gasteiger partial charge on any atom is -0.469 e. The summed E-state index contributed by atoms with van der Waals surface area (Å²) in [5, 5.41) is 5.93. The Kier molecular flexibility index (Phi) is 5.64. The maximum Gasteiger partial charge on any atom is 0.234 e. The molecule has 1 aromatic heterocycles. The van der Waals surface area contributed by atoms with Gasteiger partial charge in [0.15, 0.2) is 0 Å². The molecule has 1 amide bonds. The summed E-state index contributed by atoms with van der Waals surface area (Å²) >= 11 is 0. The number of amides is 1. The zero-order valence-corrected chi connectivity index (χ0v) is 9.95. The van der Waals surface area contributed by atoms with Gasteiger partial charge in [0.2, 0.25) is 5.91 Å². The minimum absolute atomic E-state index is 0. The summed E-state index contributed by atoms with van der Waals surface area (Å²) in [4.78, 5) is 11.4. The lowest BCUT2D eigenvalue weighted by molar-refractivity contribution is -0.120. The van der Waals surface area contributed by atoms with Gasteiger partial charge in [0.1, 0.15) is 5.76 Å². The van der Waals surface area contributed by atoms with Gasteiger partial charge in [0.25, 0.3) is 0 Å². The highest BCUT2D eigenvalue weighted by Crippen LogP contribution is 2.05. The SMILES string of the molecule is CCNCC(=O)NC(C)CCc1ccco1.[HH].[HH]. The predicted octanol–water partition coefficient (Wildman–Crippen LogP) is 1.82. The molecular weight excluding hydrogens is 204 g/mol. The molecule has 1 heterocycles. The molecule has 94 valence electrons. The van der Waals surface area contributed by atoms with Crippen LogP contribution in [0, 0.1) is 0 Å². The zero-order chi connectivity index (χ0) is 11.8. The lowest BCUT2D eigenvalue weighted by Gasteiger charge is -2.13. The van der Waals surface area contributed by atoms with Gasteiger partial charge in [-0.25, -0.2) is 0 Å². The quantitative estimate of drug-likeness (QED) is 0.748. The molecule has 0 spiro atoms. The lowest BCUT2D eigenvalue weighted by Crippen LogP contribution is -2.39. The molecule has 0 fully saturated rings. The van der Waals surface area contributed by atoms with E-state index in [4.69, 9.17) is 4.42 Å². The molecule has 0 aliphatic carbocycles. The number of hydrogen-bond acceptors (Lipinski definition) is 3. The summed E-state index contributed by atoms with van der Waals surface area (Å²) in [5.41, 5.74) is 0. The minimum atomic E-state index is 0. The summed E-state index contributed by atoms with van der Waals surface area (Å²) in [5.74, 6) is 1.02. The van der Waals surface area contributed by atoms with Crippen molar-refractivity contribution < 1.29 is 12.1 Å². The number of likely N-dealkylation sites (N-methyl/N-ethyl adjacent to an activating group) is 1. The molecule has 1 atom stereocenters. The van der Waals surface area contributed by atoms with E-state index < -0.39 is 0 Å². The maximum atomic E-state index is 11.4. The monoisotopic (exact) mass is 228 g/mol. The standard InChI is InChI=1S/C12H20N2O2.2H2/c1-3-13-9-12(15)14-10(2)6-7-11-5-4-8-16-11;;/h4-5,8,10,13H,3,6-7,9H2,1-2H3,(H,14,15);2*1H. The van der Waals surface area contributed by atoms with Crippen LogP contribution in [0.3, 0.4) is 0 Å². The molecule has 0 aliphatic rings. The summed E-state index contributed by atoms with van der Waals surface area (Å²) in [6, 6.07) is 4.01. The van der Waals surface area contributed by atoms with Crippen molar-refractivity contribution in [1.82, 2.24) is 10.6 Å². The van der Waals surface area contributed by atoms with Gasteiger partial charge in [-0.05, 0) is 32.0 Å². The molecule has 0 saturated heterocycles. The first kappa shape index (κ1) is 12.8. The van der Waals surface area contributed by atoms with Crippen LogP contribution in [0.5, 0.6) is 0 Å². The topological polar surface area (TPSA) is 54.3 Å². The van der Waals surface area contributed by atoms with Crippen LogP contribution in [0.1, 0.15) is 28.9 Å². The van der Waals surface area contributed by atoms with Crippen molar-refractivity contribution >= 4 is 5.91 Å². The van der Waals surface area contributed by atoms with E-state index in [1.54, 1.807) is 6.26 Å². The second kappa shape index (κ2) is 7.06. The van der Waals surface area contributed by atoms with Gasteiger partial charge in [-0.3, -0.25) is 4.79 Å². The van der Waals surface area contributed by atoms with E-state index in [0.29, 0.717) is 6.54 Å². The third-order valence-electron chi connectivity index (χ3n) is 2.35. The van der Waals surface area contributed by atoms with Gasteiger partial charge in [0.05, 0.1) is 12.8 Å². The van der Waals surface area contributed by atoms with Crippen LogP contribution in [-0.2, 0) is 11.2 Å². The third-order valence-corrected chi connectivity index (χ3v) is 2.35. The second-order valence-corrected chi connectivity index (χ2v) is 3.87. The summed E-state index contributed by atoms with van der Waals surface area (Å²) in [6.07, 6.45) is 3.42. The van der Waals surface area contributed by atoms with Crippen molar-refractivity contribution in [2.45, 2.75) is 32.7 Å². The maximum absolute atomic E-state index is 11.4. The third kappa shape index (κ3) is 4.98. The molecule has 0 saturated carbocycles. The number of aryl methyl sites for hydroxylation is 1. The van der Waals surface area contributed by atoms with Gasteiger partial charge in [-0.15, -0.1) is 0 Å². The molecule has 0 bridgehead atoms. The van der Waals surface area contributed by atoms with Gasteiger partial charge in [0, 0.05) is 15.3 Å². The Morgan fingerprint density at radius 1 is 1.62 bits per heavy atom. The Bertz CT molecular complexity index is 305. The van der Waals surface area contributed by atoms with Crippen LogP contribution in [-0.4, -0.2) is 25.0 Å². The van der Waals surface area contributed by atoms with Crippen molar-refractivity contribution in [3.05, 3.63) is 24.2 Å². The number of carbonyl (C=O) groups is 1. The smallest absolute Gasteiger partial charge is 0.234 e. The largest absolute Gasteiger partial charge is 0.469 e. The van der Waals surface area contributed by atoms with Crippen LogP contribution < -0.4 is 10.6 Å². The van der Waals surface area contributed by atoms with E-state index in [1.165, 1.54) is 0 Å². The molecule has 2 N–H and O–H groups in total. The molecule has 0 radical (unpaired) electrons. The van der Waals surface area contributed by atoms with Gasteiger partial charge < -0.3 is 15.1 Å². The fourth-order valence-electron chi connectivity index (χ4n) is 1.45. The van der Waals surface area contributed by atoms with Gasteiger partial charge in [-0.1, -0.05) is 6.92 Å². The molecule has 1 unspecified atom stereocenters. The molecule has 4 nitrogen and oxygen atoms in total. The molecule has 0 aromatic carbocycles. The molecule has 4 heteroatoms. The Balaban J connectivity index is 0. The van der Waals surface area contributed by atoms with E-state index in [2.05, 4.69) is 10.6 Å². The normalized spacial score (nSPS) is 12.4. The first-order valence-corrected chi connectivity index (χ1v) is 5.74. The Morgan fingerprint density at radius 2 is 2.44 bits per heavy atom. The van der Waals surface area contributed by atoms with Crippen molar-refractivity contribution in [1.29, 1.82) is 0 Å². The number of hydrogen-bond donors (Lipinski definition) is 2. The van der Waals surface area contributed by atoms with Crippen LogP contribution in [0.2, 0.25) is 0 Å². The van der Waals surface area contributed by atoms with Crippen molar-refractivity contribution in [2.75, 3.05) is 13.1 Å².